The van der Waals surface area contributed by atoms with Crippen LogP contribution < -0.4 is 5.73 Å². The molecule has 2 rings (SSSR count). The summed E-state index contributed by atoms with van der Waals surface area (Å²) in [5.74, 6) is 0.232. The van der Waals surface area contributed by atoms with Gasteiger partial charge in [0.1, 0.15) is 5.75 Å². The minimum atomic E-state index is 0.232. The molecular formula is C10H11N3O. The van der Waals surface area contributed by atoms with Gasteiger partial charge in [0.05, 0.1) is 18.2 Å². The van der Waals surface area contributed by atoms with Gasteiger partial charge in [0.15, 0.2) is 0 Å². The minimum Gasteiger partial charge on any atom is -0.508 e. The number of nitrogens with zero attached hydrogens (tertiary/aromatic N) is 1. The molecule has 0 unspecified atom stereocenters. The molecule has 4 N–H and O–H groups in total. The first-order chi connectivity index (χ1) is 6.81. The number of nitrogens with one attached hydrogen (secondary N) is 1. The summed E-state index contributed by atoms with van der Waals surface area (Å²) >= 11 is 0. The third-order valence-electron chi connectivity index (χ3n) is 2.11. The highest BCUT2D eigenvalue weighted by atomic mass is 16.3. The molecule has 14 heavy (non-hydrogen) atoms. The Balaban J connectivity index is 2.46. The first kappa shape index (κ1) is 8.77. The predicted molar refractivity (Wildman–Crippen MR) is 53.6 cm³/mol. The number of rotatable bonds is 2. The number of nitrogens with two attached hydrogens (primary N) is 1. The zero-order chi connectivity index (χ0) is 9.97. The van der Waals surface area contributed by atoms with Crippen molar-refractivity contribution >= 4 is 0 Å². The van der Waals surface area contributed by atoms with Gasteiger partial charge in [-0.2, -0.15) is 0 Å². The van der Waals surface area contributed by atoms with E-state index in [1.807, 2.05) is 12.1 Å². The Labute approximate surface area is 81.4 Å². The lowest BCUT2D eigenvalue weighted by molar-refractivity contribution is 0.468. The highest BCUT2D eigenvalue weighted by Crippen LogP contribution is 2.23. The molecule has 0 aliphatic rings. The van der Waals surface area contributed by atoms with Gasteiger partial charge in [0, 0.05) is 17.7 Å². The van der Waals surface area contributed by atoms with Crippen molar-refractivity contribution in [3.8, 4) is 17.0 Å². The van der Waals surface area contributed by atoms with E-state index in [0.717, 1.165) is 16.8 Å². The van der Waals surface area contributed by atoms with Crippen molar-refractivity contribution in [2.75, 3.05) is 0 Å². The van der Waals surface area contributed by atoms with E-state index in [1.165, 1.54) is 0 Å². The van der Waals surface area contributed by atoms with Crippen LogP contribution >= 0.6 is 0 Å². The van der Waals surface area contributed by atoms with E-state index in [9.17, 15) is 5.11 Å². The van der Waals surface area contributed by atoms with E-state index in [4.69, 9.17) is 5.73 Å². The van der Waals surface area contributed by atoms with Crippen molar-refractivity contribution in [2.24, 2.45) is 5.73 Å². The van der Waals surface area contributed by atoms with Crippen LogP contribution in [-0.4, -0.2) is 15.1 Å². The third-order valence-corrected chi connectivity index (χ3v) is 2.11. The number of aromatic nitrogens is 2. The van der Waals surface area contributed by atoms with E-state index in [1.54, 1.807) is 18.6 Å². The molecule has 72 valence electrons. The number of benzene rings is 1. The highest BCUT2D eigenvalue weighted by Gasteiger charge is 2.03. The summed E-state index contributed by atoms with van der Waals surface area (Å²) < 4.78 is 0. The molecule has 4 heteroatoms. The molecule has 0 spiro atoms. The standard InChI is InChI=1S/C10H11N3O/c11-4-8-3-7(1-2-10(8)14)9-5-12-6-13-9/h1-3,5-6,14H,4,11H2,(H,12,13). The van der Waals surface area contributed by atoms with Gasteiger partial charge in [-0.25, -0.2) is 4.98 Å². The van der Waals surface area contributed by atoms with Crippen LogP contribution in [0.3, 0.4) is 0 Å². The summed E-state index contributed by atoms with van der Waals surface area (Å²) in [5, 5.41) is 9.43. The summed E-state index contributed by atoms with van der Waals surface area (Å²) in [4.78, 5) is 6.92. The van der Waals surface area contributed by atoms with Crippen LogP contribution in [0.25, 0.3) is 11.3 Å². The first-order valence-corrected chi connectivity index (χ1v) is 4.32. The Morgan fingerprint density at radius 3 is 2.93 bits per heavy atom. The SMILES string of the molecule is NCc1cc(-c2cnc[nH]2)ccc1O. The zero-order valence-corrected chi connectivity index (χ0v) is 7.57. The number of imidazole rings is 1. The number of hydrogen-bond donors (Lipinski definition) is 3. The molecule has 1 aromatic carbocycles. The quantitative estimate of drug-likeness (QED) is 0.665. The Kier molecular flexibility index (Phi) is 2.20. The molecule has 0 atom stereocenters. The first-order valence-electron chi connectivity index (χ1n) is 4.32. The van der Waals surface area contributed by atoms with E-state index >= 15 is 0 Å². The molecule has 1 aromatic heterocycles. The largest absolute Gasteiger partial charge is 0.508 e. The van der Waals surface area contributed by atoms with Crippen molar-refractivity contribution in [1.82, 2.24) is 9.97 Å². The van der Waals surface area contributed by atoms with Crippen molar-refractivity contribution in [1.29, 1.82) is 0 Å². The Bertz CT molecular complexity index is 423. The summed E-state index contributed by atoms with van der Waals surface area (Å²) in [5.41, 5.74) is 8.11. The lowest BCUT2D eigenvalue weighted by atomic mass is 10.1. The number of phenols is 1. The van der Waals surface area contributed by atoms with Gasteiger partial charge in [-0.1, -0.05) is 0 Å². The molecule has 0 saturated carbocycles. The number of hydrogen-bond acceptors (Lipinski definition) is 3. The normalized spacial score (nSPS) is 10.4. The lowest BCUT2D eigenvalue weighted by Gasteiger charge is -2.03. The Morgan fingerprint density at radius 1 is 1.43 bits per heavy atom. The van der Waals surface area contributed by atoms with Gasteiger partial charge >= 0.3 is 0 Å². The highest BCUT2D eigenvalue weighted by molar-refractivity contribution is 5.61. The van der Waals surface area contributed by atoms with E-state index in [-0.39, 0.29) is 5.75 Å². The molecule has 4 nitrogen and oxygen atoms in total. The molecule has 1 heterocycles. The maximum atomic E-state index is 9.43. The smallest absolute Gasteiger partial charge is 0.120 e. The monoisotopic (exact) mass is 189 g/mol. The average molecular weight is 189 g/mol. The predicted octanol–water partition coefficient (Wildman–Crippen LogP) is 1.24. The fourth-order valence-electron chi connectivity index (χ4n) is 1.33. The summed E-state index contributed by atoms with van der Waals surface area (Å²) in [6.45, 7) is 0.327. The summed E-state index contributed by atoms with van der Waals surface area (Å²) in [6, 6.07) is 5.31. The molecule has 0 aliphatic carbocycles. The van der Waals surface area contributed by atoms with Crippen LogP contribution in [0.15, 0.2) is 30.7 Å². The zero-order valence-electron chi connectivity index (χ0n) is 7.57. The second-order valence-electron chi connectivity index (χ2n) is 3.01. The Morgan fingerprint density at radius 2 is 2.29 bits per heavy atom. The molecule has 0 aliphatic heterocycles. The molecular weight excluding hydrogens is 178 g/mol. The van der Waals surface area contributed by atoms with Crippen LogP contribution in [0, 0.1) is 0 Å². The molecule has 0 bridgehead atoms. The Hall–Kier alpha value is -1.81. The summed E-state index contributed by atoms with van der Waals surface area (Å²) in [7, 11) is 0. The number of phenolic OH excluding ortho intramolecular Hbond substituents is 1. The fourth-order valence-corrected chi connectivity index (χ4v) is 1.33. The molecule has 2 aromatic rings. The van der Waals surface area contributed by atoms with Crippen molar-refractivity contribution < 1.29 is 5.11 Å². The summed E-state index contributed by atoms with van der Waals surface area (Å²) in [6.07, 6.45) is 3.34. The van der Waals surface area contributed by atoms with E-state index in [2.05, 4.69) is 9.97 Å². The maximum absolute atomic E-state index is 9.43. The van der Waals surface area contributed by atoms with E-state index in [0.29, 0.717) is 6.54 Å². The number of aromatic hydroxyl groups is 1. The van der Waals surface area contributed by atoms with Gasteiger partial charge < -0.3 is 15.8 Å². The van der Waals surface area contributed by atoms with Crippen molar-refractivity contribution in [3.63, 3.8) is 0 Å². The third kappa shape index (κ3) is 1.47. The van der Waals surface area contributed by atoms with Gasteiger partial charge in [-0.05, 0) is 18.2 Å². The van der Waals surface area contributed by atoms with Crippen LogP contribution in [0.4, 0.5) is 0 Å². The number of aromatic amines is 1. The van der Waals surface area contributed by atoms with Crippen molar-refractivity contribution in [3.05, 3.63) is 36.3 Å². The molecule has 0 saturated heterocycles. The van der Waals surface area contributed by atoms with Crippen LogP contribution in [0.2, 0.25) is 0 Å². The molecule has 0 radical (unpaired) electrons. The van der Waals surface area contributed by atoms with Crippen LogP contribution in [0.1, 0.15) is 5.56 Å². The second kappa shape index (κ2) is 3.51. The van der Waals surface area contributed by atoms with Gasteiger partial charge in [0.25, 0.3) is 0 Å². The maximum Gasteiger partial charge on any atom is 0.120 e. The van der Waals surface area contributed by atoms with E-state index < -0.39 is 0 Å². The van der Waals surface area contributed by atoms with Gasteiger partial charge in [0.2, 0.25) is 0 Å². The second-order valence-corrected chi connectivity index (χ2v) is 3.01. The minimum absolute atomic E-state index is 0.232. The molecule has 0 amide bonds. The topological polar surface area (TPSA) is 74.9 Å². The van der Waals surface area contributed by atoms with Crippen LogP contribution in [0.5, 0.6) is 5.75 Å². The fraction of sp³-hybridized carbons (Fsp3) is 0.100. The van der Waals surface area contributed by atoms with Gasteiger partial charge in [-0.15, -0.1) is 0 Å². The van der Waals surface area contributed by atoms with Crippen molar-refractivity contribution in [2.45, 2.75) is 6.54 Å². The average Bonchev–Trinajstić information content (AvgIpc) is 2.71. The molecule has 0 fully saturated rings. The lowest BCUT2D eigenvalue weighted by Crippen LogP contribution is -1.96. The van der Waals surface area contributed by atoms with Crippen LogP contribution in [-0.2, 0) is 6.54 Å². The number of H-pyrrole nitrogens is 1. The van der Waals surface area contributed by atoms with Gasteiger partial charge in [-0.3, -0.25) is 0 Å².